The largest absolute Gasteiger partial charge is 0.477 e. The van der Waals surface area contributed by atoms with Crippen LogP contribution < -0.4 is 4.74 Å². The summed E-state index contributed by atoms with van der Waals surface area (Å²) in [5, 5.41) is 8.94. The molecule has 4 heteroatoms. The van der Waals surface area contributed by atoms with Crippen molar-refractivity contribution < 1.29 is 14.6 Å². The van der Waals surface area contributed by atoms with Gasteiger partial charge < -0.3 is 9.84 Å². The van der Waals surface area contributed by atoms with Gasteiger partial charge in [-0.1, -0.05) is 19.8 Å². The second-order valence-corrected chi connectivity index (χ2v) is 3.67. The topological polar surface area (TPSA) is 59.4 Å². The van der Waals surface area contributed by atoms with Crippen LogP contribution in [-0.4, -0.2) is 22.7 Å². The summed E-state index contributed by atoms with van der Waals surface area (Å²) in [4.78, 5) is 15.0. The molecule has 1 aromatic rings. The van der Waals surface area contributed by atoms with E-state index >= 15 is 0 Å². The zero-order valence-electron chi connectivity index (χ0n) is 9.69. The minimum Gasteiger partial charge on any atom is -0.477 e. The van der Waals surface area contributed by atoms with E-state index in [2.05, 4.69) is 11.9 Å². The summed E-state index contributed by atoms with van der Waals surface area (Å²) in [5.74, 6) is -0.776. The van der Waals surface area contributed by atoms with Gasteiger partial charge >= 0.3 is 5.97 Å². The molecule has 1 rings (SSSR count). The predicted octanol–water partition coefficient (Wildman–Crippen LogP) is 2.66. The fourth-order valence-corrected chi connectivity index (χ4v) is 1.33. The van der Waals surface area contributed by atoms with Crippen LogP contribution in [0, 0.1) is 6.92 Å². The Bertz CT molecular complexity index is 363. The van der Waals surface area contributed by atoms with Crippen LogP contribution in [0.2, 0.25) is 0 Å². The lowest BCUT2D eigenvalue weighted by Gasteiger charge is -2.08. The number of hydrogen-bond acceptors (Lipinski definition) is 3. The number of hydrogen-bond donors (Lipinski definition) is 1. The van der Waals surface area contributed by atoms with Gasteiger partial charge in [0.1, 0.15) is 5.56 Å². The van der Waals surface area contributed by atoms with Crippen LogP contribution in [0.4, 0.5) is 0 Å². The number of aryl methyl sites for hydroxylation is 1. The van der Waals surface area contributed by atoms with Crippen molar-refractivity contribution in [3.63, 3.8) is 0 Å². The normalized spacial score (nSPS) is 10.1. The van der Waals surface area contributed by atoms with E-state index in [1.807, 2.05) is 6.92 Å². The molecule has 0 aromatic carbocycles. The molecule has 16 heavy (non-hydrogen) atoms. The Kier molecular flexibility index (Phi) is 4.76. The molecule has 0 bridgehead atoms. The van der Waals surface area contributed by atoms with Crippen LogP contribution in [0.15, 0.2) is 12.1 Å². The van der Waals surface area contributed by atoms with Gasteiger partial charge in [0, 0.05) is 5.69 Å². The summed E-state index contributed by atoms with van der Waals surface area (Å²) < 4.78 is 5.39. The number of carbonyl (C=O) groups is 1. The number of nitrogens with zero attached hydrogens (tertiary/aromatic N) is 1. The zero-order valence-corrected chi connectivity index (χ0v) is 9.69. The summed E-state index contributed by atoms with van der Waals surface area (Å²) in [6.45, 7) is 4.43. The zero-order chi connectivity index (χ0) is 12.0. The molecule has 0 aliphatic heterocycles. The summed E-state index contributed by atoms with van der Waals surface area (Å²) in [5.41, 5.74) is 0.887. The van der Waals surface area contributed by atoms with Crippen molar-refractivity contribution in [2.24, 2.45) is 0 Å². The summed E-state index contributed by atoms with van der Waals surface area (Å²) >= 11 is 0. The van der Waals surface area contributed by atoms with Crippen molar-refractivity contribution in [1.29, 1.82) is 0 Å². The number of unbranched alkanes of at least 4 members (excludes halogenated alkanes) is 2. The van der Waals surface area contributed by atoms with Crippen LogP contribution in [0.1, 0.15) is 42.2 Å². The highest BCUT2D eigenvalue weighted by atomic mass is 16.5. The van der Waals surface area contributed by atoms with E-state index in [0.717, 1.165) is 25.0 Å². The van der Waals surface area contributed by atoms with Crippen molar-refractivity contribution >= 4 is 5.97 Å². The van der Waals surface area contributed by atoms with Gasteiger partial charge in [0.25, 0.3) is 0 Å². The minimum absolute atomic E-state index is 0.127. The Labute approximate surface area is 95.3 Å². The smallest absolute Gasteiger partial charge is 0.341 e. The van der Waals surface area contributed by atoms with Gasteiger partial charge in [0.05, 0.1) is 6.61 Å². The molecule has 1 N–H and O–H groups in total. The molecule has 1 heterocycles. The molecule has 0 aliphatic rings. The van der Waals surface area contributed by atoms with Crippen molar-refractivity contribution in [3.8, 4) is 5.88 Å². The third-order valence-corrected chi connectivity index (χ3v) is 2.22. The molecule has 0 radical (unpaired) electrons. The second-order valence-electron chi connectivity index (χ2n) is 3.67. The van der Waals surface area contributed by atoms with Crippen molar-refractivity contribution in [3.05, 3.63) is 23.4 Å². The van der Waals surface area contributed by atoms with Crippen LogP contribution in [0.3, 0.4) is 0 Å². The van der Waals surface area contributed by atoms with E-state index in [9.17, 15) is 4.79 Å². The molecule has 88 valence electrons. The van der Waals surface area contributed by atoms with Gasteiger partial charge in [-0.2, -0.15) is 0 Å². The van der Waals surface area contributed by atoms with Gasteiger partial charge in [0.15, 0.2) is 0 Å². The first-order chi connectivity index (χ1) is 7.65. The molecule has 0 amide bonds. The first-order valence-electron chi connectivity index (χ1n) is 5.49. The highest BCUT2D eigenvalue weighted by molar-refractivity contribution is 5.90. The van der Waals surface area contributed by atoms with Crippen LogP contribution in [0.25, 0.3) is 0 Å². The maximum atomic E-state index is 10.9. The molecular weight excluding hydrogens is 206 g/mol. The first-order valence-corrected chi connectivity index (χ1v) is 5.49. The number of carboxylic acids is 1. The lowest BCUT2D eigenvalue weighted by molar-refractivity contribution is 0.0691. The van der Waals surface area contributed by atoms with Crippen molar-refractivity contribution in [2.45, 2.75) is 33.1 Å². The number of aromatic nitrogens is 1. The Hall–Kier alpha value is -1.58. The Morgan fingerprint density at radius 3 is 2.81 bits per heavy atom. The predicted molar refractivity (Wildman–Crippen MR) is 61.0 cm³/mol. The Balaban J connectivity index is 2.68. The quantitative estimate of drug-likeness (QED) is 0.753. The van der Waals surface area contributed by atoms with Gasteiger partial charge in [-0.05, 0) is 25.5 Å². The average Bonchev–Trinajstić information content (AvgIpc) is 2.24. The molecular formula is C12H17NO3. The number of aromatic carboxylic acids is 1. The number of ether oxygens (including phenoxy) is 1. The molecule has 0 fully saturated rings. The fourth-order valence-electron chi connectivity index (χ4n) is 1.33. The van der Waals surface area contributed by atoms with Gasteiger partial charge in [-0.15, -0.1) is 0 Å². The Morgan fingerprint density at radius 1 is 1.44 bits per heavy atom. The summed E-state index contributed by atoms with van der Waals surface area (Å²) in [6.07, 6.45) is 3.11. The fraction of sp³-hybridized carbons (Fsp3) is 0.500. The second kappa shape index (κ2) is 6.10. The minimum atomic E-state index is -1.00. The maximum absolute atomic E-state index is 10.9. The van der Waals surface area contributed by atoms with E-state index < -0.39 is 5.97 Å². The van der Waals surface area contributed by atoms with Gasteiger partial charge in [-0.3, -0.25) is 0 Å². The average molecular weight is 223 g/mol. The Morgan fingerprint density at radius 2 is 2.19 bits per heavy atom. The maximum Gasteiger partial charge on any atom is 0.341 e. The first kappa shape index (κ1) is 12.5. The monoisotopic (exact) mass is 223 g/mol. The van der Waals surface area contributed by atoms with Crippen LogP contribution in [0.5, 0.6) is 5.88 Å². The third kappa shape index (κ3) is 3.53. The van der Waals surface area contributed by atoms with E-state index in [1.54, 1.807) is 6.07 Å². The number of pyridine rings is 1. The van der Waals surface area contributed by atoms with E-state index in [-0.39, 0.29) is 11.4 Å². The molecule has 0 atom stereocenters. The summed E-state index contributed by atoms with van der Waals surface area (Å²) in [7, 11) is 0. The van der Waals surface area contributed by atoms with Crippen LogP contribution in [-0.2, 0) is 0 Å². The standard InChI is InChI=1S/C12H17NO3/c1-3-4-5-8-16-11-10(12(14)15)7-6-9(2)13-11/h6-7H,3-5,8H2,1-2H3,(H,14,15). The molecule has 1 aromatic heterocycles. The molecule has 4 nitrogen and oxygen atoms in total. The molecule has 0 saturated carbocycles. The third-order valence-electron chi connectivity index (χ3n) is 2.22. The number of rotatable bonds is 6. The highest BCUT2D eigenvalue weighted by Crippen LogP contribution is 2.16. The van der Waals surface area contributed by atoms with E-state index in [1.165, 1.54) is 6.07 Å². The van der Waals surface area contributed by atoms with Crippen molar-refractivity contribution in [1.82, 2.24) is 4.98 Å². The summed E-state index contributed by atoms with van der Waals surface area (Å²) in [6, 6.07) is 3.20. The highest BCUT2D eigenvalue weighted by Gasteiger charge is 2.12. The van der Waals surface area contributed by atoms with Crippen LogP contribution >= 0.6 is 0 Å². The van der Waals surface area contributed by atoms with E-state index in [4.69, 9.17) is 9.84 Å². The van der Waals surface area contributed by atoms with Gasteiger partial charge in [-0.25, -0.2) is 9.78 Å². The number of carboxylic acid groups (broad SMARTS) is 1. The molecule has 0 saturated heterocycles. The molecule has 0 unspecified atom stereocenters. The SMILES string of the molecule is CCCCCOc1nc(C)ccc1C(=O)O. The van der Waals surface area contributed by atoms with Gasteiger partial charge in [0.2, 0.25) is 5.88 Å². The molecule has 0 aliphatic carbocycles. The van der Waals surface area contributed by atoms with E-state index in [0.29, 0.717) is 6.61 Å². The van der Waals surface area contributed by atoms with Crippen molar-refractivity contribution in [2.75, 3.05) is 6.61 Å². The molecule has 0 spiro atoms. The lowest BCUT2D eigenvalue weighted by Crippen LogP contribution is -2.07. The lowest BCUT2D eigenvalue weighted by atomic mass is 10.2.